The van der Waals surface area contributed by atoms with Crippen molar-refractivity contribution in [1.29, 1.82) is 0 Å². The number of nitrogens with one attached hydrogen (secondary N) is 3. The van der Waals surface area contributed by atoms with Gasteiger partial charge in [0.1, 0.15) is 6.61 Å². The maximum atomic E-state index is 12.7. The topological polar surface area (TPSA) is 134 Å². The fourth-order valence-corrected chi connectivity index (χ4v) is 5.24. The number of rotatable bonds is 16. The van der Waals surface area contributed by atoms with Gasteiger partial charge in [-0.25, -0.2) is 0 Å². The highest BCUT2D eigenvalue weighted by Crippen LogP contribution is 2.28. The normalized spacial score (nSPS) is 16.1. The summed E-state index contributed by atoms with van der Waals surface area (Å²) in [7, 11) is 4.94. The second-order valence-corrected chi connectivity index (χ2v) is 11.9. The van der Waals surface area contributed by atoms with E-state index in [1.165, 1.54) is 4.90 Å². The quantitative estimate of drug-likeness (QED) is 0.160. The zero-order valence-electron chi connectivity index (χ0n) is 23.2. The molecule has 3 N–H and O–H groups in total. The number of hydrogen-bond donors (Lipinski definition) is 3. The molecule has 1 aromatic carbocycles. The molecule has 39 heavy (non-hydrogen) atoms. The van der Waals surface area contributed by atoms with Crippen molar-refractivity contribution in [2.45, 2.75) is 76.5 Å². The van der Waals surface area contributed by atoms with Gasteiger partial charge in [-0.2, -0.15) is 0 Å². The fourth-order valence-electron chi connectivity index (χ4n) is 4.10. The summed E-state index contributed by atoms with van der Waals surface area (Å²) in [4.78, 5) is 61.7. The van der Waals surface area contributed by atoms with E-state index < -0.39 is 11.9 Å². The molecule has 10 nitrogen and oxygen atoms in total. The van der Waals surface area contributed by atoms with Gasteiger partial charge in [0.2, 0.25) is 37.3 Å². The first-order valence-corrected chi connectivity index (χ1v) is 14.2. The van der Waals surface area contributed by atoms with Crippen molar-refractivity contribution in [2.24, 2.45) is 5.92 Å². The van der Waals surface area contributed by atoms with Crippen LogP contribution in [0.5, 0.6) is 0 Å². The van der Waals surface area contributed by atoms with Crippen molar-refractivity contribution < 1.29 is 28.7 Å². The van der Waals surface area contributed by atoms with Crippen molar-refractivity contribution in [3.8, 4) is 0 Å². The molecule has 1 heterocycles. The minimum atomic E-state index is -0.861. The van der Waals surface area contributed by atoms with Crippen molar-refractivity contribution in [2.75, 3.05) is 25.0 Å². The number of thioether (sulfide) groups is 1. The molecule has 1 aliphatic heterocycles. The van der Waals surface area contributed by atoms with Gasteiger partial charge < -0.3 is 20.7 Å². The van der Waals surface area contributed by atoms with Gasteiger partial charge in [-0.3, -0.25) is 28.9 Å². The molecule has 0 aliphatic carbocycles. The number of likely N-dealkylation sites (tertiary alicyclic amines) is 1. The number of amides is 4. The van der Waals surface area contributed by atoms with Crippen LogP contribution in [0.2, 0.25) is 0 Å². The fraction of sp³-hybridized carbons (Fsp3) is 0.593. The summed E-state index contributed by atoms with van der Waals surface area (Å²) in [5.41, 5.74) is 1.26. The van der Waals surface area contributed by atoms with E-state index in [9.17, 15) is 24.0 Å². The Morgan fingerprint density at radius 2 is 1.77 bits per heavy atom. The lowest BCUT2D eigenvalue weighted by Crippen LogP contribution is -2.49. The average molecular weight is 559 g/mol. The van der Waals surface area contributed by atoms with Crippen LogP contribution in [-0.2, 0) is 30.5 Å². The predicted molar refractivity (Wildman–Crippen MR) is 152 cm³/mol. The van der Waals surface area contributed by atoms with Crippen molar-refractivity contribution in [1.82, 2.24) is 15.5 Å². The van der Waals surface area contributed by atoms with Crippen LogP contribution in [0.4, 0.5) is 10.5 Å². The summed E-state index contributed by atoms with van der Waals surface area (Å²) in [6, 6.07) is 6.25. The largest absolute Gasteiger partial charge is 0.470 e. The Kier molecular flexibility index (Phi) is 13.5. The first-order valence-electron chi connectivity index (χ1n) is 13.3. The summed E-state index contributed by atoms with van der Waals surface area (Å²) in [5, 5.41) is 8.67. The molecular formula is C27H39BN4O6S. The molecule has 2 atom stereocenters. The maximum absolute atomic E-state index is 12.7. The highest BCUT2D eigenvalue weighted by Gasteiger charge is 2.38. The van der Waals surface area contributed by atoms with Gasteiger partial charge in [-0.05, 0) is 48.3 Å². The molecule has 2 radical (unpaired) electrons. The van der Waals surface area contributed by atoms with E-state index in [0.717, 1.165) is 24.8 Å². The van der Waals surface area contributed by atoms with E-state index in [-0.39, 0.29) is 54.4 Å². The lowest BCUT2D eigenvalue weighted by Gasteiger charge is -2.22. The third kappa shape index (κ3) is 11.4. The molecule has 2 unspecified atom stereocenters. The van der Waals surface area contributed by atoms with E-state index in [0.29, 0.717) is 24.0 Å². The number of unbranched alkanes of at least 4 members (excludes halogenated alkanes) is 2. The van der Waals surface area contributed by atoms with E-state index in [4.69, 9.17) is 12.6 Å². The first-order chi connectivity index (χ1) is 18.5. The molecule has 0 aromatic heterocycles. The Labute approximate surface area is 236 Å². The Morgan fingerprint density at radius 1 is 1.08 bits per heavy atom. The van der Waals surface area contributed by atoms with E-state index in [1.807, 2.05) is 27.7 Å². The van der Waals surface area contributed by atoms with Gasteiger partial charge in [0.15, 0.2) is 0 Å². The number of carbonyl (C=O) groups is 5. The summed E-state index contributed by atoms with van der Waals surface area (Å²) in [6.07, 6.45) is 2.61. The number of anilines is 1. The van der Waals surface area contributed by atoms with Crippen LogP contribution >= 0.6 is 11.8 Å². The molecule has 12 heteroatoms. The lowest BCUT2D eigenvalue weighted by atomic mass is 10.0. The predicted octanol–water partition coefficient (Wildman–Crippen LogP) is 2.60. The second-order valence-electron chi connectivity index (χ2n) is 10.1. The monoisotopic (exact) mass is 558 g/mol. The van der Waals surface area contributed by atoms with Crippen molar-refractivity contribution >= 4 is 54.8 Å². The molecule has 1 aromatic rings. The van der Waals surface area contributed by atoms with Gasteiger partial charge in [0.25, 0.3) is 0 Å². The van der Waals surface area contributed by atoms with Gasteiger partial charge >= 0.3 is 0 Å². The van der Waals surface area contributed by atoms with Crippen LogP contribution in [0.1, 0.15) is 58.9 Å². The van der Waals surface area contributed by atoms with Crippen LogP contribution in [0.25, 0.3) is 0 Å². The zero-order chi connectivity index (χ0) is 28.9. The number of benzene rings is 1. The molecule has 2 rings (SSSR count). The third-order valence-electron chi connectivity index (χ3n) is 6.05. The van der Waals surface area contributed by atoms with E-state index in [2.05, 4.69) is 16.0 Å². The highest BCUT2D eigenvalue weighted by molar-refractivity contribution is 8.01. The zero-order valence-corrected chi connectivity index (χ0v) is 24.0. The Balaban J connectivity index is 1.67. The molecule has 0 spiro atoms. The number of hydrogen-bond acceptors (Lipinski definition) is 8. The Hall–Kier alpha value is -2.86. The summed E-state index contributed by atoms with van der Waals surface area (Å²) in [5.74, 6) is -1.65. The van der Waals surface area contributed by atoms with Crippen molar-refractivity contribution in [3.63, 3.8) is 0 Å². The summed E-state index contributed by atoms with van der Waals surface area (Å²) < 4.78 is 4.72. The van der Waals surface area contributed by atoms with Crippen LogP contribution in [-0.4, -0.2) is 78.4 Å². The number of ether oxygens (including phenoxy) is 1. The van der Waals surface area contributed by atoms with Gasteiger partial charge in [0.05, 0.1) is 17.8 Å². The highest BCUT2D eigenvalue weighted by atomic mass is 32.2. The number of nitrogens with zero attached hydrogens (tertiary/aromatic N) is 1. The van der Waals surface area contributed by atoms with Crippen LogP contribution in [0, 0.1) is 5.92 Å². The minimum Gasteiger partial charge on any atom is -0.470 e. The lowest BCUT2D eigenvalue weighted by molar-refractivity contribution is -0.138. The molecule has 0 bridgehead atoms. The summed E-state index contributed by atoms with van der Waals surface area (Å²) in [6.45, 7) is 8.79. The molecule has 212 valence electrons. The van der Waals surface area contributed by atoms with Gasteiger partial charge in [-0.1, -0.05) is 46.2 Å². The standard InChI is InChI=1S/C27H39BN4O6S/c1-17(2)24(29-12-6-5-7-13-32-23(34)14-21(26(32)36)39-18(3)4)25(35)30-15-22(33)31-20-10-8-19(9-11-20)16-38-27(28)37/h8-11,17-18,21,24,29H,5-7,12-16H2,1-4H3,(H,30,35)(H,31,33). The molecule has 1 aliphatic rings. The smallest absolute Gasteiger partial charge is 0.243 e. The maximum Gasteiger partial charge on any atom is 0.243 e. The molecule has 1 fully saturated rings. The van der Waals surface area contributed by atoms with Gasteiger partial charge in [0, 0.05) is 18.7 Å². The first kappa shape index (κ1) is 32.4. The van der Waals surface area contributed by atoms with Crippen molar-refractivity contribution in [3.05, 3.63) is 29.8 Å². The molecular weight excluding hydrogens is 519 g/mol. The SMILES string of the molecule is [B]C(=O)OCc1ccc(NC(=O)CNC(=O)C(NCCCCCN2C(=O)CC(SC(C)C)C2=O)C(C)C)cc1. The summed E-state index contributed by atoms with van der Waals surface area (Å²) >= 11 is 1.54. The van der Waals surface area contributed by atoms with Gasteiger partial charge in [-0.15, -0.1) is 11.8 Å². The van der Waals surface area contributed by atoms with Crippen LogP contribution in [0.15, 0.2) is 24.3 Å². The van der Waals surface area contributed by atoms with Crippen LogP contribution in [0.3, 0.4) is 0 Å². The van der Waals surface area contributed by atoms with E-state index >= 15 is 0 Å². The van der Waals surface area contributed by atoms with E-state index in [1.54, 1.807) is 36.0 Å². The average Bonchev–Trinajstić information content (AvgIpc) is 3.12. The molecule has 0 saturated carbocycles. The molecule has 4 amide bonds. The minimum absolute atomic E-state index is 0.0125. The Bertz CT molecular complexity index is 1000. The van der Waals surface area contributed by atoms with Crippen LogP contribution < -0.4 is 16.0 Å². The second kappa shape index (κ2) is 16.3. The number of carbonyl (C=O) groups excluding carboxylic acids is 5. The molecule has 1 saturated heterocycles. The Morgan fingerprint density at radius 3 is 2.38 bits per heavy atom. The number of imide groups is 1. The third-order valence-corrected chi connectivity index (χ3v) is 7.29.